The van der Waals surface area contributed by atoms with Crippen LogP contribution in [0.3, 0.4) is 0 Å². The van der Waals surface area contributed by atoms with Gasteiger partial charge in [-0.15, -0.1) is 11.3 Å². The van der Waals surface area contributed by atoms with Gasteiger partial charge < -0.3 is 5.32 Å². The van der Waals surface area contributed by atoms with Gasteiger partial charge in [-0.25, -0.2) is 0 Å². The zero-order chi connectivity index (χ0) is 13.2. The van der Waals surface area contributed by atoms with Crippen molar-refractivity contribution in [2.75, 3.05) is 7.05 Å². The molecule has 0 aliphatic heterocycles. The predicted molar refractivity (Wildman–Crippen MR) is 84.7 cm³/mol. The van der Waals surface area contributed by atoms with E-state index in [-0.39, 0.29) is 6.04 Å². The molecule has 0 fully saturated rings. The Morgan fingerprint density at radius 2 is 2.21 bits per heavy atom. The van der Waals surface area contributed by atoms with E-state index in [0.29, 0.717) is 0 Å². The first-order valence-corrected chi connectivity index (χ1v) is 7.70. The molecule has 1 unspecified atom stereocenters. The molecule has 2 heterocycles. The van der Waals surface area contributed by atoms with E-state index in [2.05, 4.69) is 61.9 Å². The van der Waals surface area contributed by atoms with Crippen LogP contribution in [-0.2, 0) is 0 Å². The van der Waals surface area contributed by atoms with Gasteiger partial charge in [0, 0.05) is 32.5 Å². The summed E-state index contributed by atoms with van der Waals surface area (Å²) in [5.74, 6) is 0. The normalized spacial score (nSPS) is 12.7. The number of aromatic nitrogens is 1. The molecule has 1 aromatic carbocycles. The van der Waals surface area contributed by atoms with Gasteiger partial charge in [0.2, 0.25) is 0 Å². The summed E-state index contributed by atoms with van der Waals surface area (Å²) in [7, 11) is 1.99. The minimum atomic E-state index is 0.198. The van der Waals surface area contributed by atoms with E-state index in [1.165, 1.54) is 21.2 Å². The molecule has 3 rings (SSSR count). The molecule has 0 spiro atoms. The molecule has 3 aromatic rings. The maximum atomic E-state index is 4.26. The molecule has 2 nitrogen and oxygen atoms in total. The van der Waals surface area contributed by atoms with E-state index in [1.807, 2.05) is 19.4 Å². The predicted octanol–water partition coefficient (Wildman–Crippen LogP) is 4.37. The minimum Gasteiger partial charge on any atom is -0.309 e. The van der Waals surface area contributed by atoms with Crippen molar-refractivity contribution in [2.24, 2.45) is 0 Å². The second kappa shape index (κ2) is 5.41. The van der Waals surface area contributed by atoms with Crippen LogP contribution >= 0.6 is 27.3 Å². The van der Waals surface area contributed by atoms with Crippen LogP contribution in [0.2, 0.25) is 0 Å². The molecule has 2 aromatic heterocycles. The van der Waals surface area contributed by atoms with Crippen molar-refractivity contribution >= 4 is 38.0 Å². The Hall–Kier alpha value is -1.23. The number of benzene rings is 1. The molecule has 1 atom stereocenters. The van der Waals surface area contributed by atoms with Crippen molar-refractivity contribution in [2.45, 2.75) is 6.04 Å². The fourth-order valence-electron chi connectivity index (χ4n) is 2.32. The van der Waals surface area contributed by atoms with Crippen LogP contribution in [-0.4, -0.2) is 12.0 Å². The van der Waals surface area contributed by atoms with E-state index in [1.54, 1.807) is 11.3 Å². The van der Waals surface area contributed by atoms with Crippen LogP contribution in [0.25, 0.3) is 10.8 Å². The minimum absolute atomic E-state index is 0.198. The lowest BCUT2D eigenvalue weighted by Crippen LogP contribution is -2.16. The lowest BCUT2D eigenvalue weighted by molar-refractivity contribution is 0.708. The fourth-order valence-corrected chi connectivity index (χ4v) is 3.89. The largest absolute Gasteiger partial charge is 0.309 e. The summed E-state index contributed by atoms with van der Waals surface area (Å²) in [6, 6.07) is 10.8. The number of rotatable bonds is 3. The van der Waals surface area contributed by atoms with Gasteiger partial charge in [-0.2, -0.15) is 0 Å². The fraction of sp³-hybridized carbons (Fsp3) is 0.133. The quantitative estimate of drug-likeness (QED) is 0.770. The summed E-state index contributed by atoms with van der Waals surface area (Å²) >= 11 is 5.28. The zero-order valence-electron chi connectivity index (χ0n) is 10.4. The van der Waals surface area contributed by atoms with Gasteiger partial charge in [0.1, 0.15) is 0 Å². The molecule has 0 aliphatic rings. The lowest BCUT2D eigenvalue weighted by atomic mass is 9.99. The van der Waals surface area contributed by atoms with E-state index in [0.717, 1.165) is 4.47 Å². The Balaban J connectivity index is 2.16. The van der Waals surface area contributed by atoms with Crippen molar-refractivity contribution in [3.05, 3.63) is 63.0 Å². The van der Waals surface area contributed by atoms with E-state index in [4.69, 9.17) is 0 Å². The van der Waals surface area contributed by atoms with Crippen LogP contribution in [0, 0.1) is 0 Å². The smallest absolute Gasteiger partial charge is 0.0675 e. The monoisotopic (exact) mass is 332 g/mol. The maximum absolute atomic E-state index is 4.26. The zero-order valence-corrected chi connectivity index (χ0v) is 12.8. The molecule has 1 N–H and O–H groups in total. The molecular formula is C15H13BrN2S. The standard InChI is InChI=1S/C15H13BrN2S/c1-17-15(14-7-11(16)9-19-14)12-4-2-3-10-5-6-18-8-13(10)12/h2-9,15,17H,1H3. The Morgan fingerprint density at radius 3 is 2.95 bits per heavy atom. The second-order valence-electron chi connectivity index (χ2n) is 4.33. The van der Waals surface area contributed by atoms with Crippen LogP contribution in [0.5, 0.6) is 0 Å². The van der Waals surface area contributed by atoms with E-state index < -0.39 is 0 Å². The number of hydrogen-bond acceptors (Lipinski definition) is 3. The molecule has 0 aliphatic carbocycles. The third-order valence-corrected chi connectivity index (χ3v) is 4.95. The molecule has 0 saturated heterocycles. The number of hydrogen-bond donors (Lipinski definition) is 1. The maximum Gasteiger partial charge on any atom is 0.0675 e. The van der Waals surface area contributed by atoms with E-state index >= 15 is 0 Å². The first-order valence-electron chi connectivity index (χ1n) is 6.03. The topological polar surface area (TPSA) is 24.9 Å². The Morgan fingerprint density at radius 1 is 1.32 bits per heavy atom. The Bertz CT molecular complexity index is 703. The molecule has 0 bridgehead atoms. The first-order chi connectivity index (χ1) is 9.29. The molecule has 0 amide bonds. The van der Waals surface area contributed by atoms with E-state index in [9.17, 15) is 0 Å². The first kappa shape index (κ1) is 12.8. The Labute approximate surface area is 124 Å². The van der Waals surface area contributed by atoms with Gasteiger partial charge in [-0.05, 0) is 46.1 Å². The number of nitrogens with zero attached hydrogens (tertiary/aromatic N) is 1. The van der Waals surface area contributed by atoms with Gasteiger partial charge in [0.15, 0.2) is 0 Å². The highest BCUT2D eigenvalue weighted by atomic mass is 79.9. The summed E-state index contributed by atoms with van der Waals surface area (Å²) < 4.78 is 1.13. The highest BCUT2D eigenvalue weighted by Gasteiger charge is 2.16. The molecule has 19 heavy (non-hydrogen) atoms. The number of nitrogens with one attached hydrogen (secondary N) is 1. The summed E-state index contributed by atoms with van der Waals surface area (Å²) in [5, 5.41) is 7.94. The van der Waals surface area contributed by atoms with Crippen molar-refractivity contribution < 1.29 is 0 Å². The van der Waals surface area contributed by atoms with Crippen molar-refractivity contribution in [3.63, 3.8) is 0 Å². The summed E-state index contributed by atoms with van der Waals surface area (Å²) in [6.45, 7) is 0. The average Bonchev–Trinajstić information content (AvgIpc) is 2.86. The van der Waals surface area contributed by atoms with Gasteiger partial charge >= 0.3 is 0 Å². The molecule has 0 saturated carbocycles. The lowest BCUT2D eigenvalue weighted by Gasteiger charge is -2.17. The Kier molecular flexibility index (Phi) is 3.64. The average molecular weight is 333 g/mol. The second-order valence-corrected chi connectivity index (χ2v) is 6.19. The highest BCUT2D eigenvalue weighted by molar-refractivity contribution is 9.10. The third-order valence-electron chi connectivity index (χ3n) is 3.19. The third kappa shape index (κ3) is 2.43. The van der Waals surface area contributed by atoms with Crippen molar-refractivity contribution in [1.29, 1.82) is 0 Å². The van der Waals surface area contributed by atoms with Crippen LogP contribution in [0.4, 0.5) is 0 Å². The van der Waals surface area contributed by atoms with Gasteiger partial charge in [-0.3, -0.25) is 4.98 Å². The number of thiophene rings is 1. The number of fused-ring (bicyclic) bond motifs is 1. The van der Waals surface area contributed by atoms with Crippen molar-refractivity contribution in [1.82, 2.24) is 10.3 Å². The number of pyridine rings is 1. The van der Waals surface area contributed by atoms with Crippen LogP contribution in [0.1, 0.15) is 16.5 Å². The highest BCUT2D eigenvalue weighted by Crippen LogP contribution is 2.33. The SMILES string of the molecule is CNC(c1cc(Br)cs1)c1cccc2ccncc12. The summed E-state index contributed by atoms with van der Waals surface area (Å²) in [6.07, 6.45) is 3.78. The molecule has 96 valence electrons. The van der Waals surface area contributed by atoms with Crippen molar-refractivity contribution in [3.8, 4) is 0 Å². The van der Waals surface area contributed by atoms with Gasteiger partial charge in [-0.1, -0.05) is 18.2 Å². The molecule has 0 radical (unpaired) electrons. The van der Waals surface area contributed by atoms with Gasteiger partial charge in [0.25, 0.3) is 0 Å². The van der Waals surface area contributed by atoms with Crippen LogP contribution < -0.4 is 5.32 Å². The summed E-state index contributed by atoms with van der Waals surface area (Å²) in [5.41, 5.74) is 1.27. The summed E-state index contributed by atoms with van der Waals surface area (Å²) in [4.78, 5) is 5.55. The van der Waals surface area contributed by atoms with Crippen LogP contribution in [0.15, 0.2) is 52.6 Å². The number of halogens is 1. The van der Waals surface area contributed by atoms with Gasteiger partial charge in [0.05, 0.1) is 6.04 Å². The molecular weight excluding hydrogens is 320 g/mol. The molecule has 4 heteroatoms.